The number of aryl methyl sites for hydroxylation is 2. The van der Waals surface area contributed by atoms with Crippen LogP contribution in [-0.4, -0.2) is 62.1 Å². The van der Waals surface area contributed by atoms with Crippen molar-refractivity contribution in [1.29, 1.82) is 0 Å². The summed E-state index contributed by atoms with van der Waals surface area (Å²) in [5.74, 6) is 0.914. The van der Waals surface area contributed by atoms with Gasteiger partial charge in [-0.1, -0.05) is 5.16 Å². The van der Waals surface area contributed by atoms with E-state index in [1.807, 2.05) is 41.5 Å². The van der Waals surface area contributed by atoms with Crippen molar-refractivity contribution >= 4 is 17.0 Å². The third-order valence-electron chi connectivity index (χ3n) is 5.58. The topological polar surface area (TPSA) is 93.7 Å². The lowest BCUT2D eigenvalue weighted by molar-refractivity contribution is 0.0107. The molecule has 9 nitrogen and oxygen atoms in total. The van der Waals surface area contributed by atoms with Crippen LogP contribution in [0.3, 0.4) is 0 Å². The SMILES string of the molecule is Cc1nn(CN2CCCC(CN(C(=O)OC(C)(C)C)C(C)C)C2)c(=O)c2noc(C)c12. The van der Waals surface area contributed by atoms with Crippen molar-refractivity contribution in [2.24, 2.45) is 5.92 Å². The average molecular weight is 434 g/mol. The number of amides is 1. The molecule has 0 bridgehead atoms. The molecule has 1 unspecified atom stereocenters. The fraction of sp³-hybridized carbons (Fsp3) is 0.727. The highest BCUT2D eigenvalue weighted by atomic mass is 16.6. The van der Waals surface area contributed by atoms with Crippen LogP contribution in [0.1, 0.15) is 58.9 Å². The second-order valence-corrected chi connectivity index (χ2v) is 9.81. The minimum Gasteiger partial charge on any atom is -0.444 e. The van der Waals surface area contributed by atoms with Gasteiger partial charge in [0.25, 0.3) is 5.56 Å². The third-order valence-corrected chi connectivity index (χ3v) is 5.58. The minimum absolute atomic E-state index is 0.0509. The van der Waals surface area contributed by atoms with E-state index in [0.717, 1.165) is 31.6 Å². The van der Waals surface area contributed by atoms with Gasteiger partial charge in [0.1, 0.15) is 11.4 Å². The predicted octanol–water partition coefficient (Wildman–Crippen LogP) is 3.32. The molecule has 1 aliphatic rings. The van der Waals surface area contributed by atoms with E-state index < -0.39 is 5.60 Å². The highest BCUT2D eigenvalue weighted by Gasteiger charge is 2.29. The van der Waals surface area contributed by atoms with Crippen molar-refractivity contribution in [3.8, 4) is 0 Å². The van der Waals surface area contributed by atoms with Crippen LogP contribution in [-0.2, 0) is 11.4 Å². The first-order chi connectivity index (χ1) is 14.5. The zero-order valence-electron chi connectivity index (χ0n) is 19.8. The van der Waals surface area contributed by atoms with E-state index in [4.69, 9.17) is 9.26 Å². The van der Waals surface area contributed by atoms with E-state index in [1.54, 1.807) is 11.8 Å². The fourth-order valence-electron chi connectivity index (χ4n) is 4.15. The number of carbonyl (C=O) groups excluding carboxylic acids is 1. The number of hydrogen-bond donors (Lipinski definition) is 0. The molecule has 0 aliphatic carbocycles. The maximum atomic E-state index is 12.8. The molecule has 1 aliphatic heterocycles. The van der Waals surface area contributed by atoms with Gasteiger partial charge in [-0.25, -0.2) is 9.48 Å². The van der Waals surface area contributed by atoms with Crippen LogP contribution in [0, 0.1) is 19.8 Å². The molecule has 31 heavy (non-hydrogen) atoms. The van der Waals surface area contributed by atoms with Gasteiger partial charge in [-0.15, -0.1) is 0 Å². The van der Waals surface area contributed by atoms with E-state index in [9.17, 15) is 9.59 Å². The zero-order valence-corrected chi connectivity index (χ0v) is 19.8. The molecule has 0 aromatic carbocycles. The van der Waals surface area contributed by atoms with Crippen molar-refractivity contribution in [2.45, 2.75) is 79.6 Å². The zero-order chi connectivity index (χ0) is 22.9. The Balaban J connectivity index is 1.71. The van der Waals surface area contributed by atoms with Gasteiger partial charge in [-0.2, -0.15) is 5.10 Å². The number of carbonyl (C=O) groups is 1. The molecule has 172 valence electrons. The van der Waals surface area contributed by atoms with E-state index in [1.165, 1.54) is 4.68 Å². The Labute approximate surface area is 183 Å². The highest BCUT2D eigenvalue weighted by Crippen LogP contribution is 2.21. The van der Waals surface area contributed by atoms with Crippen LogP contribution in [0.5, 0.6) is 0 Å². The summed E-state index contributed by atoms with van der Waals surface area (Å²) in [5.41, 5.74) is 0.301. The quantitative estimate of drug-likeness (QED) is 0.714. The second-order valence-electron chi connectivity index (χ2n) is 9.81. The van der Waals surface area contributed by atoms with Crippen molar-refractivity contribution < 1.29 is 14.1 Å². The molecule has 1 saturated heterocycles. The molecule has 3 heterocycles. The summed E-state index contributed by atoms with van der Waals surface area (Å²) in [5, 5.41) is 9.12. The first-order valence-corrected chi connectivity index (χ1v) is 11.0. The molecule has 3 rings (SSSR count). The van der Waals surface area contributed by atoms with Crippen molar-refractivity contribution in [1.82, 2.24) is 24.7 Å². The monoisotopic (exact) mass is 433 g/mol. The Bertz CT molecular complexity index is 988. The van der Waals surface area contributed by atoms with Gasteiger partial charge in [-0.05, 0) is 73.8 Å². The molecule has 1 fully saturated rings. The Morgan fingerprint density at radius 2 is 2.03 bits per heavy atom. The molecular formula is C22H35N5O4. The second kappa shape index (κ2) is 8.98. The summed E-state index contributed by atoms with van der Waals surface area (Å²) < 4.78 is 12.3. The van der Waals surface area contributed by atoms with E-state index in [-0.39, 0.29) is 17.7 Å². The molecule has 9 heteroatoms. The fourth-order valence-corrected chi connectivity index (χ4v) is 4.15. The number of ether oxygens (including phenoxy) is 1. The van der Waals surface area contributed by atoms with Gasteiger partial charge in [0.15, 0.2) is 5.52 Å². The van der Waals surface area contributed by atoms with Crippen LogP contribution in [0.15, 0.2) is 9.32 Å². The molecule has 0 radical (unpaired) electrons. The summed E-state index contributed by atoms with van der Waals surface area (Å²) in [6.07, 6.45) is 1.76. The largest absolute Gasteiger partial charge is 0.444 e. The summed E-state index contributed by atoms with van der Waals surface area (Å²) in [6, 6.07) is 0.0509. The summed E-state index contributed by atoms with van der Waals surface area (Å²) in [7, 11) is 0. The van der Waals surface area contributed by atoms with Crippen LogP contribution >= 0.6 is 0 Å². The molecule has 1 atom stereocenters. The molecule has 0 N–H and O–H groups in total. The average Bonchev–Trinajstić information content (AvgIpc) is 3.05. The van der Waals surface area contributed by atoms with Crippen LogP contribution < -0.4 is 5.56 Å². The maximum Gasteiger partial charge on any atom is 0.410 e. The summed E-state index contributed by atoms with van der Waals surface area (Å²) in [4.78, 5) is 29.5. The summed E-state index contributed by atoms with van der Waals surface area (Å²) >= 11 is 0. The number of hydrogen-bond acceptors (Lipinski definition) is 7. The number of nitrogens with zero attached hydrogens (tertiary/aromatic N) is 5. The van der Waals surface area contributed by atoms with Crippen molar-refractivity contribution in [3.05, 3.63) is 21.8 Å². The lowest BCUT2D eigenvalue weighted by atomic mass is 9.97. The normalized spacial score (nSPS) is 18.0. The Morgan fingerprint density at radius 1 is 1.32 bits per heavy atom. The number of aromatic nitrogens is 3. The Hall–Kier alpha value is -2.42. The van der Waals surface area contributed by atoms with Gasteiger partial charge in [-0.3, -0.25) is 9.69 Å². The number of likely N-dealkylation sites (tertiary alicyclic amines) is 1. The first-order valence-electron chi connectivity index (χ1n) is 11.0. The molecule has 0 saturated carbocycles. The number of piperidine rings is 1. The number of fused-ring (bicyclic) bond motifs is 1. The Kier molecular flexibility index (Phi) is 6.73. The van der Waals surface area contributed by atoms with Gasteiger partial charge in [0.05, 0.1) is 17.7 Å². The molecule has 0 spiro atoms. The number of rotatable bonds is 5. The van der Waals surface area contributed by atoms with Crippen LogP contribution in [0.4, 0.5) is 4.79 Å². The van der Waals surface area contributed by atoms with Crippen LogP contribution in [0.25, 0.3) is 10.9 Å². The van der Waals surface area contributed by atoms with E-state index in [2.05, 4.69) is 15.2 Å². The molecule has 2 aromatic rings. The van der Waals surface area contributed by atoms with Crippen LogP contribution in [0.2, 0.25) is 0 Å². The first kappa shape index (κ1) is 23.2. The smallest absolute Gasteiger partial charge is 0.410 e. The van der Waals surface area contributed by atoms with Crippen molar-refractivity contribution in [3.63, 3.8) is 0 Å². The Morgan fingerprint density at radius 3 is 2.68 bits per heavy atom. The lowest BCUT2D eigenvalue weighted by Crippen LogP contribution is -2.47. The van der Waals surface area contributed by atoms with Gasteiger partial charge < -0.3 is 14.2 Å². The molecule has 2 aromatic heterocycles. The minimum atomic E-state index is -0.522. The van der Waals surface area contributed by atoms with Gasteiger partial charge >= 0.3 is 6.09 Å². The molecular weight excluding hydrogens is 398 g/mol. The highest BCUT2D eigenvalue weighted by molar-refractivity contribution is 5.81. The maximum absolute atomic E-state index is 12.8. The summed E-state index contributed by atoms with van der Waals surface area (Å²) in [6.45, 7) is 16.0. The molecule has 1 amide bonds. The van der Waals surface area contributed by atoms with Gasteiger partial charge in [0.2, 0.25) is 0 Å². The van der Waals surface area contributed by atoms with E-state index >= 15 is 0 Å². The van der Waals surface area contributed by atoms with E-state index in [0.29, 0.717) is 35.8 Å². The lowest BCUT2D eigenvalue weighted by Gasteiger charge is -2.37. The predicted molar refractivity (Wildman–Crippen MR) is 118 cm³/mol. The van der Waals surface area contributed by atoms with Crippen molar-refractivity contribution in [2.75, 3.05) is 19.6 Å². The standard InChI is InChI=1S/C22H35N5O4/c1-14(2)26(21(29)30-22(5,6)7)12-17-9-8-10-25(11-17)13-27-20(28)19-18(15(3)23-27)16(4)31-24-19/h14,17H,8-13H2,1-7H3. The third kappa shape index (κ3) is 5.44. The van der Waals surface area contributed by atoms with Gasteiger partial charge in [0, 0.05) is 19.1 Å².